The summed E-state index contributed by atoms with van der Waals surface area (Å²) in [5, 5.41) is 16.0. The van der Waals surface area contributed by atoms with Crippen LogP contribution in [0.2, 0.25) is 0 Å². The number of halogens is 3. The van der Waals surface area contributed by atoms with Gasteiger partial charge >= 0.3 is 18.1 Å². The van der Waals surface area contributed by atoms with E-state index < -0.39 is 23.9 Å². The van der Waals surface area contributed by atoms with Gasteiger partial charge in [0, 0.05) is 6.20 Å². The number of hydrogen-bond donors (Lipinski definition) is 3. The van der Waals surface area contributed by atoms with Gasteiger partial charge in [-0.05, 0) is 0 Å². The van der Waals surface area contributed by atoms with Gasteiger partial charge in [0.2, 0.25) is 0 Å². The second-order valence-corrected chi connectivity index (χ2v) is 3.44. The van der Waals surface area contributed by atoms with Crippen LogP contribution in [-0.2, 0) is 4.79 Å². The van der Waals surface area contributed by atoms with E-state index in [4.69, 9.17) is 5.11 Å². The van der Waals surface area contributed by atoms with Gasteiger partial charge in [-0.2, -0.15) is 18.3 Å². The molecule has 2 rings (SSSR count). The summed E-state index contributed by atoms with van der Waals surface area (Å²) in [5.41, 5.74) is -0.277. The molecule has 0 bridgehead atoms. The van der Waals surface area contributed by atoms with Gasteiger partial charge in [-0.25, -0.2) is 4.79 Å². The fourth-order valence-corrected chi connectivity index (χ4v) is 1.40. The van der Waals surface area contributed by atoms with E-state index in [0.717, 1.165) is 6.20 Å². The van der Waals surface area contributed by atoms with Gasteiger partial charge in [0.05, 0.1) is 22.7 Å². The van der Waals surface area contributed by atoms with Crippen molar-refractivity contribution in [3.8, 4) is 0 Å². The molecule has 1 amide bonds. The number of anilines is 1. The number of carbonyl (C=O) groups is 2. The molecule has 0 unspecified atom stereocenters. The van der Waals surface area contributed by atoms with Crippen LogP contribution in [0.1, 0.15) is 10.4 Å². The molecule has 0 aliphatic heterocycles. The van der Waals surface area contributed by atoms with E-state index in [1.165, 1.54) is 11.5 Å². The lowest BCUT2D eigenvalue weighted by Gasteiger charge is -2.06. The monoisotopic (exact) mass is 274 g/mol. The van der Waals surface area contributed by atoms with Gasteiger partial charge in [-0.15, -0.1) is 0 Å². The zero-order chi connectivity index (χ0) is 14.2. The van der Waals surface area contributed by atoms with Crippen LogP contribution in [0.25, 0.3) is 10.9 Å². The molecule has 0 aliphatic rings. The number of aromatic carboxylic acids is 1. The van der Waals surface area contributed by atoms with E-state index in [-0.39, 0.29) is 16.5 Å². The van der Waals surface area contributed by atoms with E-state index in [1.807, 2.05) is 0 Å². The molecular formula is C9H5F3N4O3. The van der Waals surface area contributed by atoms with Crippen LogP contribution in [0.5, 0.6) is 0 Å². The molecule has 0 atom stereocenters. The van der Waals surface area contributed by atoms with Crippen molar-refractivity contribution in [3.05, 3.63) is 18.0 Å². The maximum Gasteiger partial charge on any atom is 0.471 e. The second-order valence-electron chi connectivity index (χ2n) is 3.44. The number of hydrogen-bond acceptors (Lipinski definition) is 4. The lowest BCUT2D eigenvalue weighted by Crippen LogP contribution is -2.30. The third-order valence-corrected chi connectivity index (χ3v) is 2.19. The van der Waals surface area contributed by atoms with Crippen molar-refractivity contribution < 1.29 is 27.9 Å². The summed E-state index contributed by atoms with van der Waals surface area (Å²) in [6.45, 7) is 0. The molecule has 0 radical (unpaired) electrons. The Kier molecular flexibility index (Phi) is 2.85. The fraction of sp³-hybridized carbons (Fsp3) is 0.111. The van der Waals surface area contributed by atoms with Crippen molar-refractivity contribution in [3.63, 3.8) is 0 Å². The minimum absolute atomic E-state index is 0.0948. The summed E-state index contributed by atoms with van der Waals surface area (Å²) in [6.07, 6.45) is -2.97. The molecule has 10 heteroatoms. The number of carboxylic acid groups (broad SMARTS) is 1. The first kappa shape index (κ1) is 12.8. The standard InChI is InChI=1S/C9H5F3N4O3/c10-9(11,12)8(19)14-6-5-3(7(17)18)1-13-2-4(5)15-16-6/h1-2H,(H,17,18)(H2,14,15,16,19). The number of H-pyrrole nitrogens is 1. The van der Waals surface area contributed by atoms with Crippen molar-refractivity contribution >= 4 is 28.6 Å². The van der Waals surface area contributed by atoms with Crippen molar-refractivity contribution in [2.75, 3.05) is 5.32 Å². The Labute approximate surface area is 102 Å². The van der Waals surface area contributed by atoms with Gasteiger partial charge < -0.3 is 10.4 Å². The Morgan fingerprint density at radius 3 is 2.58 bits per heavy atom. The Hall–Kier alpha value is -2.65. The molecule has 2 heterocycles. The van der Waals surface area contributed by atoms with Crippen molar-refractivity contribution in [1.29, 1.82) is 0 Å². The number of rotatable bonds is 2. The first-order valence-corrected chi connectivity index (χ1v) is 4.74. The maximum atomic E-state index is 12.1. The van der Waals surface area contributed by atoms with Crippen LogP contribution in [0, 0.1) is 0 Å². The van der Waals surface area contributed by atoms with Gasteiger partial charge in [0.15, 0.2) is 5.82 Å². The van der Waals surface area contributed by atoms with Gasteiger partial charge in [0.1, 0.15) is 0 Å². The van der Waals surface area contributed by atoms with Gasteiger partial charge in [0.25, 0.3) is 0 Å². The molecule has 0 aromatic carbocycles. The lowest BCUT2D eigenvalue weighted by molar-refractivity contribution is -0.167. The number of aromatic nitrogens is 3. The average Bonchev–Trinajstić information content (AvgIpc) is 2.71. The zero-order valence-electron chi connectivity index (χ0n) is 8.95. The van der Waals surface area contributed by atoms with E-state index in [9.17, 15) is 22.8 Å². The van der Waals surface area contributed by atoms with Crippen LogP contribution < -0.4 is 5.32 Å². The van der Waals surface area contributed by atoms with E-state index >= 15 is 0 Å². The molecule has 2 aromatic heterocycles. The number of pyridine rings is 1. The highest BCUT2D eigenvalue weighted by atomic mass is 19.4. The fourth-order valence-electron chi connectivity index (χ4n) is 1.40. The molecule has 2 aromatic rings. The highest BCUT2D eigenvalue weighted by Gasteiger charge is 2.39. The highest BCUT2D eigenvalue weighted by Crippen LogP contribution is 2.25. The normalized spacial score (nSPS) is 11.5. The predicted octanol–water partition coefficient (Wildman–Crippen LogP) is 1.16. The van der Waals surface area contributed by atoms with Crippen LogP contribution in [0.15, 0.2) is 12.4 Å². The van der Waals surface area contributed by atoms with Crippen LogP contribution in [-0.4, -0.2) is 38.3 Å². The molecule has 0 saturated heterocycles. The summed E-state index contributed by atoms with van der Waals surface area (Å²) < 4.78 is 36.4. The molecular weight excluding hydrogens is 269 g/mol. The molecule has 19 heavy (non-hydrogen) atoms. The first-order chi connectivity index (χ1) is 8.80. The van der Waals surface area contributed by atoms with Crippen LogP contribution >= 0.6 is 0 Å². The van der Waals surface area contributed by atoms with E-state index in [0.29, 0.717) is 0 Å². The largest absolute Gasteiger partial charge is 0.478 e. The number of fused-ring (bicyclic) bond motifs is 1. The number of aromatic amines is 1. The summed E-state index contributed by atoms with van der Waals surface area (Å²) in [4.78, 5) is 25.3. The number of nitrogens with zero attached hydrogens (tertiary/aromatic N) is 2. The van der Waals surface area contributed by atoms with Gasteiger partial charge in [-0.1, -0.05) is 0 Å². The summed E-state index contributed by atoms with van der Waals surface area (Å²) in [7, 11) is 0. The van der Waals surface area contributed by atoms with Crippen LogP contribution in [0.3, 0.4) is 0 Å². The van der Waals surface area contributed by atoms with Crippen molar-refractivity contribution in [2.24, 2.45) is 0 Å². The average molecular weight is 274 g/mol. The molecule has 0 saturated carbocycles. The Morgan fingerprint density at radius 1 is 1.32 bits per heavy atom. The molecule has 3 N–H and O–H groups in total. The topological polar surface area (TPSA) is 108 Å². The Bertz CT molecular complexity index is 664. The van der Waals surface area contributed by atoms with E-state index in [1.54, 1.807) is 0 Å². The third-order valence-electron chi connectivity index (χ3n) is 2.19. The second kappa shape index (κ2) is 4.23. The molecule has 100 valence electrons. The smallest absolute Gasteiger partial charge is 0.471 e. The Balaban J connectivity index is 2.51. The number of amides is 1. The first-order valence-electron chi connectivity index (χ1n) is 4.74. The van der Waals surface area contributed by atoms with E-state index in [2.05, 4.69) is 15.2 Å². The number of alkyl halides is 3. The molecule has 7 nitrogen and oxygen atoms in total. The third kappa shape index (κ3) is 2.32. The summed E-state index contributed by atoms with van der Waals surface area (Å²) >= 11 is 0. The number of nitrogens with one attached hydrogen (secondary N) is 2. The number of carboxylic acids is 1. The van der Waals surface area contributed by atoms with Crippen LogP contribution in [0.4, 0.5) is 19.0 Å². The SMILES string of the molecule is O=C(O)c1cncc2[nH]nc(NC(=O)C(F)(F)F)c12. The van der Waals surface area contributed by atoms with Crippen molar-refractivity contribution in [1.82, 2.24) is 15.2 Å². The minimum atomic E-state index is -5.10. The Morgan fingerprint density at radius 2 is 2.00 bits per heavy atom. The molecule has 0 spiro atoms. The maximum absolute atomic E-state index is 12.1. The predicted molar refractivity (Wildman–Crippen MR) is 55.5 cm³/mol. The number of carbonyl (C=O) groups excluding carboxylic acids is 1. The molecule has 0 aliphatic carbocycles. The van der Waals surface area contributed by atoms with Crippen molar-refractivity contribution in [2.45, 2.75) is 6.18 Å². The highest BCUT2D eigenvalue weighted by molar-refractivity contribution is 6.10. The zero-order valence-corrected chi connectivity index (χ0v) is 8.95. The quantitative estimate of drug-likeness (QED) is 0.761. The van der Waals surface area contributed by atoms with Gasteiger partial charge in [-0.3, -0.25) is 14.9 Å². The lowest BCUT2D eigenvalue weighted by atomic mass is 10.2. The summed E-state index contributed by atoms with van der Waals surface area (Å²) in [5.74, 6) is -4.16. The summed E-state index contributed by atoms with van der Waals surface area (Å²) in [6, 6.07) is 0. The molecule has 0 fully saturated rings. The minimum Gasteiger partial charge on any atom is -0.478 e.